The van der Waals surface area contributed by atoms with Crippen LogP contribution in [0.2, 0.25) is 0 Å². The number of thiophene rings is 1. The number of carbonyl (C=O) groups excluding carboxylic acids is 2. The van der Waals surface area contributed by atoms with E-state index in [-0.39, 0.29) is 11.8 Å². The maximum atomic E-state index is 13.5. The first-order valence-electron chi connectivity index (χ1n) is 9.93. The maximum Gasteiger partial charge on any atom is 0.282 e. The minimum atomic E-state index is -0.233. The third-order valence-electron chi connectivity index (χ3n) is 5.59. The first kappa shape index (κ1) is 19.7. The summed E-state index contributed by atoms with van der Waals surface area (Å²) < 4.78 is 0. The van der Waals surface area contributed by atoms with Gasteiger partial charge >= 0.3 is 0 Å². The molecule has 2 aliphatic rings. The fraction of sp³-hybridized carbons (Fsp3) is 0.364. The van der Waals surface area contributed by atoms with Crippen molar-refractivity contribution in [3.05, 3.63) is 52.4 Å². The van der Waals surface area contributed by atoms with Gasteiger partial charge < -0.3 is 14.7 Å². The van der Waals surface area contributed by atoms with E-state index in [4.69, 9.17) is 0 Å². The van der Waals surface area contributed by atoms with Crippen LogP contribution in [0.3, 0.4) is 0 Å². The average molecular weight is 411 g/mol. The highest BCUT2D eigenvalue weighted by molar-refractivity contribution is 7.11. The van der Waals surface area contributed by atoms with E-state index in [2.05, 4.69) is 16.7 Å². The molecule has 1 fully saturated rings. The van der Waals surface area contributed by atoms with Crippen LogP contribution in [0.25, 0.3) is 5.57 Å². The predicted octanol–water partition coefficient (Wildman–Crippen LogP) is 2.74. The van der Waals surface area contributed by atoms with Gasteiger partial charge in [-0.15, -0.1) is 11.3 Å². The number of hydrogen-bond acceptors (Lipinski definition) is 6. The zero-order valence-electron chi connectivity index (χ0n) is 17.1. The molecule has 0 saturated carbocycles. The highest BCUT2D eigenvalue weighted by Gasteiger charge is 2.43. The smallest absolute Gasteiger partial charge is 0.282 e. The van der Waals surface area contributed by atoms with Gasteiger partial charge in [0.2, 0.25) is 0 Å². The molecule has 6 nitrogen and oxygen atoms in total. The molecule has 2 aromatic rings. The van der Waals surface area contributed by atoms with E-state index in [0.717, 1.165) is 43.3 Å². The van der Waals surface area contributed by atoms with Gasteiger partial charge in [-0.05, 0) is 42.3 Å². The van der Waals surface area contributed by atoms with Crippen LogP contribution < -0.4 is 9.80 Å². The number of rotatable bonds is 5. The summed E-state index contributed by atoms with van der Waals surface area (Å²) in [6, 6.07) is 11.4. The number of piperazine rings is 1. The quantitative estimate of drug-likeness (QED) is 0.710. The van der Waals surface area contributed by atoms with Gasteiger partial charge in [0.1, 0.15) is 5.70 Å². The molecule has 0 bridgehead atoms. The Balaban J connectivity index is 1.70. The van der Waals surface area contributed by atoms with Crippen molar-refractivity contribution in [3.63, 3.8) is 0 Å². The number of benzene rings is 1. The van der Waals surface area contributed by atoms with E-state index in [9.17, 15) is 9.59 Å². The zero-order chi connectivity index (χ0) is 20.5. The molecule has 0 spiro atoms. The topological polar surface area (TPSA) is 47.1 Å². The molecule has 0 radical (unpaired) electrons. The standard InChI is InChI=1S/C22H26N4O2S/c1-4-24-11-13-25(14-12-24)20-19(18-6-5-15-29-18)21(27)26(22(20)28)17-9-7-16(8-10-17)23(2)3/h5-10,15H,4,11-14H2,1-3H3. The maximum absolute atomic E-state index is 13.5. The third-order valence-corrected chi connectivity index (χ3v) is 6.47. The van der Waals surface area contributed by atoms with Crippen LogP contribution in [0.5, 0.6) is 0 Å². The molecule has 1 saturated heterocycles. The van der Waals surface area contributed by atoms with Crippen molar-refractivity contribution in [1.29, 1.82) is 0 Å². The Morgan fingerprint density at radius 2 is 1.66 bits per heavy atom. The van der Waals surface area contributed by atoms with Crippen molar-refractivity contribution in [2.75, 3.05) is 56.6 Å². The van der Waals surface area contributed by atoms with E-state index in [1.54, 1.807) is 0 Å². The Hall–Kier alpha value is -2.64. The van der Waals surface area contributed by atoms with E-state index in [1.807, 2.05) is 60.8 Å². The first-order valence-corrected chi connectivity index (χ1v) is 10.8. The predicted molar refractivity (Wildman–Crippen MR) is 118 cm³/mol. The lowest BCUT2D eigenvalue weighted by molar-refractivity contribution is -0.120. The summed E-state index contributed by atoms with van der Waals surface area (Å²) in [6.07, 6.45) is 0. The molecule has 7 heteroatoms. The van der Waals surface area contributed by atoms with Crippen LogP contribution >= 0.6 is 11.3 Å². The SMILES string of the molecule is CCN1CCN(C2=C(c3cccs3)C(=O)N(c3ccc(N(C)C)cc3)C2=O)CC1. The molecular formula is C22H26N4O2S. The summed E-state index contributed by atoms with van der Waals surface area (Å²) in [6.45, 7) is 6.46. The van der Waals surface area contributed by atoms with E-state index >= 15 is 0 Å². The van der Waals surface area contributed by atoms with Crippen molar-refractivity contribution in [2.45, 2.75) is 6.92 Å². The van der Waals surface area contributed by atoms with Crippen molar-refractivity contribution in [2.24, 2.45) is 0 Å². The minimum absolute atomic E-state index is 0.221. The summed E-state index contributed by atoms with van der Waals surface area (Å²) in [5.41, 5.74) is 2.72. The number of likely N-dealkylation sites (N-methyl/N-ethyl adjacent to an activating group) is 1. The molecule has 29 heavy (non-hydrogen) atoms. The van der Waals surface area contributed by atoms with Crippen LogP contribution in [0.15, 0.2) is 47.5 Å². The van der Waals surface area contributed by atoms with Gasteiger partial charge in [-0.1, -0.05) is 13.0 Å². The lowest BCUT2D eigenvalue weighted by Gasteiger charge is -2.35. The molecule has 2 aliphatic heterocycles. The fourth-order valence-electron chi connectivity index (χ4n) is 3.88. The number of imide groups is 1. The van der Waals surface area contributed by atoms with Crippen molar-refractivity contribution < 1.29 is 9.59 Å². The number of amides is 2. The molecule has 3 heterocycles. The highest BCUT2D eigenvalue weighted by atomic mass is 32.1. The summed E-state index contributed by atoms with van der Waals surface area (Å²) >= 11 is 1.50. The van der Waals surface area contributed by atoms with Crippen molar-refractivity contribution >= 4 is 40.1 Å². The Morgan fingerprint density at radius 3 is 2.21 bits per heavy atom. The number of hydrogen-bond donors (Lipinski definition) is 0. The van der Waals surface area contributed by atoms with Gasteiger partial charge in [-0.2, -0.15) is 0 Å². The zero-order valence-corrected chi connectivity index (χ0v) is 17.9. The monoisotopic (exact) mass is 410 g/mol. The molecule has 1 aromatic heterocycles. The summed E-state index contributed by atoms with van der Waals surface area (Å²) in [7, 11) is 3.93. The Kier molecular flexibility index (Phi) is 5.43. The first-order chi connectivity index (χ1) is 14.0. The molecular weight excluding hydrogens is 384 g/mol. The molecule has 1 aromatic carbocycles. The molecule has 152 valence electrons. The summed E-state index contributed by atoms with van der Waals surface area (Å²) in [4.78, 5) is 35.5. The summed E-state index contributed by atoms with van der Waals surface area (Å²) in [5.74, 6) is -0.455. The molecule has 0 aliphatic carbocycles. The van der Waals surface area contributed by atoms with Crippen molar-refractivity contribution in [1.82, 2.24) is 9.80 Å². The van der Waals surface area contributed by atoms with Gasteiger partial charge in [0, 0.05) is 50.8 Å². The third kappa shape index (κ3) is 3.56. The van der Waals surface area contributed by atoms with Gasteiger partial charge in [0.25, 0.3) is 11.8 Å². The highest BCUT2D eigenvalue weighted by Crippen LogP contribution is 2.37. The van der Waals surface area contributed by atoms with E-state index in [1.165, 1.54) is 16.2 Å². The van der Waals surface area contributed by atoms with Crippen LogP contribution in [0.1, 0.15) is 11.8 Å². The fourth-order valence-corrected chi connectivity index (χ4v) is 4.64. The molecule has 0 unspecified atom stereocenters. The van der Waals surface area contributed by atoms with Crippen molar-refractivity contribution in [3.8, 4) is 0 Å². The Bertz CT molecular complexity index is 926. The van der Waals surface area contributed by atoms with Crippen LogP contribution in [-0.2, 0) is 9.59 Å². The molecule has 0 N–H and O–H groups in total. The van der Waals surface area contributed by atoms with Crippen LogP contribution in [-0.4, -0.2) is 68.4 Å². The average Bonchev–Trinajstić information content (AvgIpc) is 3.34. The lowest BCUT2D eigenvalue weighted by Crippen LogP contribution is -2.47. The van der Waals surface area contributed by atoms with Gasteiger partial charge in [-0.3, -0.25) is 9.59 Å². The van der Waals surface area contributed by atoms with Crippen LogP contribution in [0, 0.1) is 0 Å². The second kappa shape index (κ2) is 8.00. The largest absolute Gasteiger partial charge is 0.378 e. The number of nitrogens with zero attached hydrogens (tertiary/aromatic N) is 4. The van der Waals surface area contributed by atoms with Gasteiger partial charge in [-0.25, -0.2) is 4.90 Å². The Labute approximate surface area is 175 Å². The Morgan fingerprint density at radius 1 is 0.966 bits per heavy atom. The van der Waals surface area contributed by atoms with Crippen LogP contribution in [0.4, 0.5) is 11.4 Å². The second-order valence-corrected chi connectivity index (χ2v) is 8.43. The molecule has 4 rings (SSSR count). The van der Waals surface area contributed by atoms with Gasteiger partial charge in [0.05, 0.1) is 11.3 Å². The lowest BCUT2D eigenvalue weighted by atomic mass is 10.1. The van der Waals surface area contributed by atoms with E-state index in [0.29, 0.717) is 17.0 Å². The minimum Gasteiger partial charge on any atom is -0.378 e. The number of carbonyl (C=O) groups is 2. The van der Waals surface area contributed by atoms with Gasteiger partial charge in [0.15, 0.2) is 0 Å². The second-order valence-electron chi connectivity index (χ2n) is 7.48. The molecule has 0 atom stereocenters. The molecule has 2 amide bonds. The number of anilines is 2. The normalized spacial score (nSPS) is 18.2. The summed E-state index contributed by atoms with van der Waals surface area (Å²) in [5, 5.41) is 1.95. The van der Waals surface area contributed by atoms with E-state index < -0.39 is 0 Å².